The van der Waals surface area contributed by atoms with Crippen LogP contribution in [0.25, 0.3) is 0 Å². The van der Waals surface area contributed by atoms with Crippen LogP contribution in [0.1, 0.15) is 56.3 Å². The minimum atomic E-state index is 0. The van der Waals surface area contributed by atoms with Crippen LogP contribution in [0.4, 0.5) is 0 Å². The Balaban J connectivity index is 0.00000320. The lowest BCUT2D eigenvalue weighted by molar-refractivity contribution is -0.130. The van der Waals surface area contributed by atoms with Crippen molar-refractivity contribution >= 4 is 35.8 Å². The van der Waals surface area contributed by atoms with E-state index in [1.165, 1.54) is 17.5 Å². The number of ether oxygens (including phenoxy) is 1. The SMILES string of the molecule is CCNC(=NCCCN1CCCCCC1=O)N1CCOC(c2ccccc2C)C1.I. The number of morpholine rings is 1. The number of benzene rings is 1. The standard InChI is InChI=1S/C23H36N4O2.HI/c1-3-24-23(25-13-9-15-26-14-8-4-5-12-22(26)28)27-16-17-29-21(18-27)20-11-7-6-10-19(20)2;/h6-7,10-11,21H,3-5,8-9,12-18H2,1-2H3,(H,24,25);1H. The van der Waals surface area contributed by atoms with E-state index >= 15 is 0 Å². The number of rotatable bonds is 6. The van der Waals surface area contributed by atoms with Gasteiger partial charge in [-0.25, -0.2) is 0 Å². The molecule has 3 rings (SSSR count). The fourth-order valence-electron chi connectivity index (χ4n) is 4.13. The number of aliphatic imine (C=N–C) groups is 1. The van der Waals surface area contributed by atoms with Gasteiger partial charge in [-0.1, -0.05) is 30.7 Å². The molecule has 168 valence electrons. The van der Waals surface area contributed by atoms with Gasteiger partial charge in [-0.15, -0.1) is 24.0 Å². The number of nitrogens with zero attached hydrogens (tertiary/aromatic N) is 3. The van der Waals surface area contributed by atoms with Crippen LogP contribution < -0.4 is 5.32 Å². The Morgan fingerprint density at radius 1 is 1.23 bits per heavy atom. The Morgan fingerprint density at radius 3 is 2.87 bits per heavy atom. The zero-order valence-electron chi connectivity index (χ0n) is 18.4. The van der Waals surface area contributed by atoms with Gasteiger partial charge in [0.05, 0.1) is 13.2 Å². The molecule has 1 amide bonds. The number of hydrogen-bond acceptors (Lipinski definition) is 3. The highest BCUT2D eigenvalue weighted by molar-refractivity contribution is 14.0. The van der Waals surface area contributed by atoms with Crippen LogP contribution in [-0.4, -0.2) is 67.5 Å². The lowest BCUT2D eigenvalue weighted by atomic mass is 10.0. The van der Waals surface area contributed by atoms with Crippen molar-refractivity contribution < 1.29 is 9.53 Å². The van der Waals surface area contributed by atoms with Crippen molar-refractivity contribution in [3.8, 4) is 0 Å². The summed E-state index contributed by atoms with van der Waals surface area (Å²) >= 11 is 0. The molecule has 0 bridgehead atoms. The summed E-state index contributed by atoms with van der Waals surface area (Å²) in [5.74, 6) is 1.27. The number of guanidine groups is 1. The lowest BCUT2D eigenvalue weighted by Crippen LogP contribution is -2.48. The number of nitrogens with one attached hydrogen (secondary N) is 1. The predicted octanol–water partition coefficient (Wildman–Crippen LogP) is 3.74. The topological polar surface area (TPSA) is 57.2 Å². The first-order valence-corrected chi connectivity index (χ1v) is 11.2. The van der Waals surface area contributed by atoms with Crippen molar-refractivity contribution in [3.05, 3.63) is 35.4 Å². The van der Waals surface area contributed by atoms with Crippen LogP contribution in [-0.2, 0) is 9.53 Å². The molecule has 1 unspecified atom stereocenters. The van der Waals surface area contributed by atoms with Crippen LogP contribution >= 0.6 is 24.0 Å². The van der Waals surface area contributed by atoms with E-state index < -0.39 is 0 Å². The smallest absolute Gasteiger partial charge is 0.222 e. The van der Waals surface area contributed by atoms with Gasteiger partial charge in [0.1, 0.15) is 6.10 Å². The molecule has 0 aromatic heterocycles. The zero-order valence-corrected chi connectivity index (χ0v) is 20.8. The maximum atomic E-state index is 12.1. The summed E-state index contributed by atoms with van der Waals surface area (Å²) in [5, 5.41) is 3.44. The molecule has 6 nitrogen and oxygen atoms in total. The summed E-state index contributed by atoms with van der Waals surface area (Å²) < 4.78 is 6.06. The Hall–Kier alpha value is -1.35. The van der Waals surface area contributed by atoms with Crippen molar-refractivity contribution in [2.24, 2.45) is 4.99 Å². The van der Waals surface area contributed by atoms with Gasteiger partial charge in [-0.05, 0) is 44.2 Å². The minimum Gasteiger partial charge on any atom is -0.370 e. The van der Waals surface area contributed by atoms with Crippen molar-refractivity contribution in [2.75, 3.05) is 45.9 Å². The second-order valence-corrected chi connectivity index (χ2v) is 7.94. The van der Waals surface area contributed by atoms with Gasteiger partial charge >= 0.3 is 0 Å². The molecular formula is C23H37IN4O2. The molecule has 0 saturated carbocycles. The Kier molecular flexibility index (Phi) is 10.9. The van der Waals surface area contributed by atoms with E-state index in [1.807, 2.05) is 4.90 Å². The molecule has 2 aliphatic heterocycles. The Morgan fingerprint density at radius 2 is 2.07 bits per heavy atom. The fraction of sp³-hybridized carbons (Fsp3) is 0.652. The van der Waals surface area contributed by atoms with E-state index in [0.717, 1.165) is 64.5 Å². The highest BCUT2D eigenvalue weighted by atomic mass is 127. The summed E-state index contributed by atoms with van der Waals surface area (Å²) in [4.78, 5) is 21.3. The quantitative estimate of drug-likeness (QED) is 0.265. The van der Waals surface area contributed by atoms with E-state index in [-0.39, 0.29) is 30.1 Å². The van der Waals surface area contributed by atoms with Gasteiger partial charge < -0.3 is 19.9 Å². The second kappa shape index (κ2) is 13.1. The number of hydrogen-bond donors (Lipinski definition) is 1. The van der Waals surface area contributed by atoms with Crippen LogP contribution in [0.15, 0.2) is 29.3 Å². The first-order valence-electron chi connectivity index (χ1n) is 11.2. The van der Waals surface area contributed by atoms with Gasteiger partial charge in [0.25, 0.3) is 0 Å². The van der Waals surface area contributed by atoms with Crippen molar-refractivity contribution in [2.45, 2.75) is 52.1 Å². The summed E-state index contributed by atoms with van der Waals surface area (Å²) in [7, 11) is 0. The van der Waals surface area contributed by atoms with Gasteiger partial charge in [0.2, 0.25) is 5.91 Å². The molecule has 2 aliphatic rings. The highest BCUT2D eigenvalue weighted by Gasteiger charge is 2.25. The van der Waals surface area contributed by atoms with Crippen LogP contribution in [0.5, 0.6) is 0 Å². The second-order valence-electron chi connectivity index (χ2n) is 7.94. The van der Waals surface area contributed by atoms with Gasteiger partial charge in [0, 0.05) is 39.1 Å². The molecule has 1 N–H and O–H groups in total. The molecule has 2 saturated heterocycles. The summed E-state index contributed by atoms with van der Waals surface area (Å²) in [6.07, 6.45) is 5.03. The molecule has 0 spiro atoms. The van der Waals surface area contributed by atoms with E-state index in [2.05, 4.69) is 48.3 Å². The third kappa shape index (κ3) is 7.11. The predicted molar refractivity (Wildman–Crippen MR) is 133 cm³/mol. The van der Waals surface area contributed by atoms with E-state index in [1.54, 1.807) is 0 Å². The maximum Gasteiger partial charge on any atom is 0.222 e. The monoisotopic (exact) mass is 528 g/mol. The first-order chi connectivity index (χ1) is 14.2. The molecule has 2 fully saturated rings. The summed E-state index contributed by atoms with van der Waals surface area (Å²) in [6, 6.07) is 8.45. The van der Waals surface area contributed by atoms with Gasteiger partial charge in [-0.3, -0.25) is 9.79 Å². The zero-order chi connectivity index (χ0) is 20.5. The normalized spacial score (nSPS) is 20.5. The van der Waals surface area contributed by atoms with E-state index in [4.69, 9.17) is 9.73 Å². The molecule has 1 atom stereocenters. The van der Waals surface area contributed by atoms with Crippen molar-refractivity contribution in [3.63, 3.8) is 0 Å². The number of likely N-dealkylation sites (tertiary alicyclic amines) is 1. The average Bonchev–Trinajstić information content (AvgIpc) is 2.95. The molecule has 1 aromatic carbocycles. The third-order valence-electron chi connectivity index (χ3n) is 5.76. The molecule has 30 heavy (non-hydrogen) atoms. The van der Waals surface area contributed by atoms with Gasteiger partial charge in [0.15, 0.2) is 5.96 Å². The van der Waals surface area contributed by atoms with E-state index in [9.17, 15) is 4.79 Å². The summed E-state index contributed by atoms with van der Waals surface area (Å²) in [6.45, 7) is 9.90. The van der Waals surface area contributed by atoms with Crippen molar-refractivity contribution in [1.82, 2.24) is 15.1 Å². The van der Waals surface area contributed by atoms with Crippen LogP contribution in [0.3, 0.4) is 0 Å². The summed E-state index contributed by atoms with van der Waals surface area (Å²) in [5.41, 5.74) is 2.52. The number of halogens is 1. The Bertz CT molecular complexity index is 698. The molecule has 1 aromatic rings. The Labute approximate surface area is 198 Å². The van der Waals surface area contributed by atoms with Crippen LogP contribution in [0, 0.1) is 6.92 Å². The number of amides is 1. The number of aryl methyl sites for hydroxylation is 1. The molecule has 0 radical (unpaired) electrons. The number of carbonyl (C=O) groups is 1. The molecule has 2 heterocycles. The van der Waals surface area contributed by atoms with Crippen LogP contribution in [0.2, 0.25) is 0 Å². The van der Waals surface area contributed by atoms with Crippen molar-refractivity contribution in [1.29, 1.82) is 0 Å². The molecule has 7 heteroatoms. The largest absolute Gasteiger partial charge is 0.370 e. The first kappa shape index (κ1) is 24.9. The van der Waals surface area contributed by atoms with E-state index in [0.29, 0.717) is 18.9 Å². The lowest BCUT2D eigenvalue weighted by Gasteiger charge is -2.36. The third-order valence-corrected chi connectivity index (χ3v) is 5.76. The molecular weight excluding hydrogens is 491 g/mol. The molecule has 0 aliphatic carbocycles. The maximum absolute atomic E-state index is 12.1. The minimum absolute atomic E-state index is 0. The fourth-order valence-corrected chi connectivity index (χ4v) is 4.13. The average molecular weight is 528 g/mol. The van der Waals surface area contributed by atoms with Gasteiger partial charge in [-0.2, -0.15) is 0 Å². The number of carbonyl (C=O) groups excluding carboxylic acids is 1. The highest BCUT2D eigenvalue weighted by Crippen LogP contribution is 2.25.